The fraction of sp³-hybridized carbons (Fsp3) is 0.667. The number of anilines is 1. The average molecular weight is 528 g/mol. The van der Waals surface area contributed by atoms with E-state index in [9.17, 15) is 9.59 Å². The quantitative estimate of drug-likeness (QED) is 0.437. The Bertz CT molecular complexity index is 1270. The molecule has 4 atom stereocenters. The normalized spacial score (nSPS) is 26.7. The molecule has 11 heteroatoms. The lowest BCUT2D eigenvalue weighted by molar-refractivity contribution is -0.210. The van der Waals surface area contributed by atoms with Crippen LogP contribution in [0.1, 0.15) is 80.0 Å². The first-order valence-corrected chi connectivity index (χ1v) is 12.7. The summed E-state index contributed by atoms with van der Waals surface area (Å²) < 4.78 is 25.8. The van der Waals surface area contributed by atoms with Crippen LogP contribution in [0.3, 0.4) is 0 Å². The summed E-state index contributed by atoms with van der Waals surface area (Å²) in [5.41, 5.74) is -0.878. The summed E-state index contributed by atoms with van der Waals surface area (Å²) >= 11 is 0. The Morgan fingerprint density at radius 3 is 2.42 bits per heavy atom. The average Bonchev–Trinajstić information content (AvgIpc) is 3.40. The molecule has 2 saturated heterocycles. The third-order valence-corrected chi connectivity index (χ3v) is 6.23. The summed E-state index contributed by atoms with van der Waals surface area (Å²) in [6.07, 6.45) is -0.345. The van der Waals surface area contributed by atoms with Crippen LogP contribution in [-0.2, 0) is 28.5 Å². The van der Waals surface area contributed by atoms with Crippen molar-refractivity contribution in [3.63, 3.8) is 0 Å². The molecule has 2 aliphatic heterocycles. The molecule has 2 fully saturated rings. The van der Waals surface area contributed by atoms with Crippen LogP contribution in [0.5, 0.6) is 0 Å². The van der Waals surface area contributed by atoms with Crippen LogP contribution >= 0.6 is 0 Å². The van der Waals surface area contributed by atoms with E-state index < -0.39 is 35.8 Å². The Morgan fingerprint density at radius 2 is 1.79 bits per heavy atom. The number of rotatable bonds is 6. The van der Waals surface area contributed by atoms with Crippen molar-refractivity contribution in [3.05, 3.63) is 35.6 Å². The Hall–Kier alpha value is -3.07. The second-order valence-corrected chi connectivity index (χ2v) is 12.9. The maximum Gasteiger partial charge on any atom is 0.400 e. The van der Waals surface area contributed by atoms with Gasteiger partial charge >= 0.3 is 11.7 Å². The zero-order chi connectivity index (χ0) is 28.1. The van der Waals surface area contributed by atoms with E-state index in [1.807, 2.05) is 41.5 Å². The molecule has 0 aromatic carbocycles. The zero-order valence-electron chi connectivity index (χ0n) is 23.3. The molecule has 11 nitrogen and oxygen atoms in total. The Kier molecular flexibility index (Phi) is 7.06. The number of hydrogen-bond donors (Lipinski definition) is 1. The first-order chi connectivity index (χ1) is 17.5. The first-order valence-electron chi connectivity index (χ1n) is 12.7. The van der Waals surface area contributed by atoms with E-state index in [1.165, 1.54) is 6.33 Å². The van der Waals surface area contributed by atoms with Gasteiger partial charge < -0.3 is 19.5 Å². The van der Waals surface area contributed by atoms with Gasteiger partial charge in [0.1, 0.15) is 24.1 Å². The van der Waals surface area contributed by atoms with E-state index in [-0.39, 0.29) is 29.8 Å². The monoisotopic (exact) mass is 527 g/mol. The fourth-order valence-electron chi connectivity index (χ4n) is 4.77. The van der Waals surface area contributed by atoms with E-state index >= 15 is 0 Å². The molecule has 0 unspecified atom stereocenters. The van der Waals surface area contributed by atoms with Gasteiger partial charge in [-0.2, -0.15) is 5.10 Å². The standard InChI is InChI=1S/C27H37N5O6/c1-24(2,3)12-18(33)31-23-17-11-10-16(32(17)30-15-29-23)20-21-22(38-26(7,8)36-21)27(28-9,37-20)14-35-19(34)13-25(4,5)6/h10-11,15,20-22H,12-14H2,1-8H3,(H,29,30,31,33)/t20-,21-,22-,27+/m0/s1. The molecule has 38 heavy (non-hydrogen) atoms. The predicted molar refractivity (Wildman–Crippen MR) is 138 cm³/mol. The molecule has 4 rings (SSSR count). The number of nitrogens with zero attached hydrogens (tertiary/aromatic N) is 4. The van der Waals surface area contributed by atoms with Gasteiger partial charge in [-0.15, -0.1) is 0 Å². The molecule has 2 aliphatic rings. The largest absolute Gasteiger partial charge is 0.454 e. The van der Waals surface area contributed by atoms with Gasteiger partial charge in [-0.3, -0.25) is 19.2 Å². The summed E-state index contributed by atoms with van der Waals surface area (Å²) in [6, 6.07) is 3.58. The van der Waals surface area contributed by atoms with E-state index in [1.54, 1.807) is 30.5 Å². The number of carbonyl (C=O) groups is 2. The summed E-state index contributed by atoms with van der Waals surface area (Å²) in [5, 5.41) is 7.25. The van der Waals surface area contributed by atoms with Gasteiger partial charge in [0.05, 0.1) is 12.1 Å². The zero-order valence-corrected chi connectivity index (χ0v) is 23.3. The van der Waals surface area contributed by atoms with Gasteiger partial charge in [0.2, 0.25) is 5.91 Å². The molecule has 0 saturated carbocycles. The molecular weight excluding hydrogens is 490 g/mol. The SMILES string of the molecule is [C-]#[N+][C@]1(COC(=O)CC(C)(C)C)O[C@@H](c2ccc3c(NC(=O)CC(C)(C)C)ncnn23)[C@@H]2OC(C)(C)O[C@@H]21. The molecule has 4 heterocycles. The number of amides is 1. The smallest absolute Gasteiger partial charge is 0.400 e. The second kappa shape index (κ2) is 9.59. The molecule has 0 bridgehead atoms. The van der Waals surface area contributed by atoms with E-state index in [0.29, 0.717) is 23.4 Å². The molecule has 2 aromatic heterocycles. The first kappa shape index (κ1) is 28.0. The van der Waals surface area contributed by atoms with Crippen LogP contribution in [-0.4, -0.2) is 56.8 Å². The fourth-order valence-corrected chi connectivity index (χ4v) is 4.77. The summed E-state index contributed by atoms with van der Waals surface area (Å²) in [6.45, 7) is 23.0. The van der Waals surface area contributed by atoms with Gasteiger partial charge in [0.25, 0.3) is 0 Å². The van der Waals surface area contributed by atoms with Crippen LogP contribution < -0.4 is 5.32 Å². The Balaban J connectivity index is 1.64. The van der Waals surface area contributed by atoms with Crippen molar-refractivity contribution in [2.24, 2.45) is 10.8 Å². The highest BCUT2D eigenvalue weighted by atomic mass is 16.8. The van der Waals surface area contributed by atoms with Gasteiger partial charge in [-0.25, -0.2) is 16.1 Å². The number of aromatic nitrogens is 3. The predicted octanol–water partition coefficient (Wildman–Crippen LogP) is 4.29. The highest BCUT2D eigenvalue weighted by Gasteiger charge is 2.69. The van der Waals surface area contributed by atoms with Crippen LogP contribution in [0.4, 0.5) is 5.82 Å². The topological polar surface area (TPSA) is 118 Å². The Morgan fingerprint density at radius 1 is 1.11 bits per heavy atom. The maximum atomic E-state index is 12.6. The van der Waals surface area contributed by atoms with Crippen LogP contribution in [0.2, 0.25) is 0 Å². The molecular formula is C27H37N5O6. The Labute approximate surface area is 223 Å². The summed E-state index contributed by atoms with van der Waals surface area (Å²) in [4.78, 5) is 33.1. The van der Waals surface area contributed by atoms with Crippen molar-refractivity contribution in [3.8, 4) is 0 Å². The van der Waals surface area contributed by atoms with Crippen LogP contribution in [0.15, 0.2) is 18.5 Å². The molecule has 206 valence electrons. The highest BCUT2D eigenvalue weighted by Crippen LogP contribution is 2.51. The number of esters is 1. The van der Waals surface area contributed by atoms with Crippen molar-refractivity contribution in [2.75, 3.05) is 11.9 Å². The number of fused-ring (bicyclic) bond motifs is 2. The van der Waals surface area contributed by atoms with Crippen LogP contribution in [0.25, 0.3) is 10.4 Å². The minimum absolute atomic E-state index is 0.156. The molecule has 1 amide bonds. The van der Waals surface area contributed by atoms with Crippen molar-refractivity contribution < 1.29 is 28.5 Å². The van der Waals surface area contributed by atoms with E-state index in [0.717, 1.165) is 0 Å². The minimum atomic E-state index is -1.60. The van der Waals surface area contributed by atoms with Crippen molar-refractivity contribution >= 4 is 23.2 Å². The number of nitrogens with one attached hydrogen (secondary N) is 1. The molecule has 0 aliphatic carbocycles. The number of carbonyl (C=O) groups excluding carboxylic acids is 2. The maximum absolute atomic E-state index is 12.6. The van der Waals surface area contributed by atoms with E-state index in [2.05, 4.69) is 20.2 Å². The van der Waals surface area contributed by atoms with Gasteiger partial charge in [0, 0.05) is 6.42 Å². The number of hydrogen-bond acceptors (Lipinski definition) is 8. The molecule has 0 spiro atoms. The molecule has 1 N–H and O–H groups in total. The van der Waals surface area contributed by atoms with Crippen molar-refractivity contribution in [1.82, 2.24) is 14.6 Å². The van der Waals surface area contributed by atoms with Gasteiger partial charge in [0.15, 0.2) is 24.3 Å². The van der Waals surface area contributed by atoms with Gasteiger partial charge in [-0.1, -0.05) is 41.5 Å². The van der Waals surface area contributed by atoms with Crippen molar-refractivity contribution in [2.45, 2.75) is 98.1 Å². The molecule has 2 aromatic rings. The minimum Gasteiger partial charge on any atom is -0.454 e. The van der Waals surface area contributed by atoms with E-state index in [4.69, 9.17) is 25.5 Å². The number of ether oxygens (including phenoxy) is 4. The highest BCUT2D eigenvalue weighted by molar-refractivity contribution is 5.93. The van der Waals surface area contributed by atoms with Crippen molar-refractivity contribution in [1.29, 1.82) is 0 Å². The second-order valence-electron chi connectivity index (χ2n) is 12.9. The molecule has 0 radical (unpaired) electrons. The third-order valence-electron chi connectivity index (χ3n) is 6.23. The van der Waals surface area contributed by atoms with Gasteiger partial charge in [-0.05, 0) is 36.8 Å². The summed E-state index contributed by atoms with van der Waals surface area (Å²) in [5.74, 6) is -1.18. The lowest BCUT2D eigenvalue weighted by Crippen LogP contribution is -2.45. The summed E-state index contributed by atoms with van der Waals surface area (Å²) in [7, 11) is 0. The third kappa shape index (κ3) is 5.82. The lowest BCUT2D eigenvalue weighted by Gasteiger charge is -2.26. The van der Waals surface area contributed by atoms with Crippen LogP contribution in [0, 0.1) is 17.4 Å². The lowest BCUT2D eigenvalue weighted by atomic mass is 9.92.